The standard InChI is InChI=1S/C27H30N/c1-21(2)26(18-22-12-6-3-7-13-22)25-19-28(20-25)27(23-14-8-4-9-15-23)24-16-10-5-11-17-24/h3-17,25-27H,18-20H2,1-2H3. The highest BCUT2D eigenvalue weighted by Gasteiger charge is 2.39. The van der Waals surface area contributed by atoms with Crippen LogP contribution >= 0.6 is 0 Å². The maximum Gasteiger partial charge on any atom is 0.0602 e. The number of rotatable bonds is 7. The fourth-order valence-corrected chi connectivity index (χ4v) is 4.61. The smallest absolute Gasteiger partial charge is 0.0602 e. The zero-order valence-corrected chi connectivity index (χ0v) is 17.0. The van der Waals surface area contributed by atoms with Crippen molar-refractivity contribution in [3.8, 4) is 0 Å². The lowest BCUT2D eigenvalue weighted by Crippen LogP contribution is -2.52. The summed E-state index contributed by atoms with van der Waals surface area (Å²) >= 11 is 0. The summed E-state index contributed by atoms with van der Waals surface area (Å²) in [5.41, 5.74) is 4.24. The number of nitrogens with zero attached hydrogens (tertiary/aromatic N) is 1. The van der Waals surface area contributed by atoms with E-state index in [0.29, 0.717) is 12.0 Å². The summed E-state index contributed by atoms with van der Waals surface area (Å²) in [6, 6.07) is 33.2. The van der Waals surface area contributed by atoms with Crippen molar-refractivity contribution in [1.82, 2.24) is 4.90 Å². The fourth-order valence-electron chi connectivity index (χ4n) is 4.61. The van der Waals surface area contributed by atoms with E-state index in [0.717, 1.165) is 25.4 Å². The molecule has 1 atom stereocenters. The summed E-state index contributed by atoms with van der Waals surface area (Å²) < 4.78 is 0. The molecule has 1 heteroatoms. The SMILES string of the molecule is C[C](C)C(Cc1ccccc1)C1CN(C(c2ccccc2)c2ccccc2)C1. The molecule has 1 saturated heterocycles. The third-order valence-electron chi connectivity index (χ3n) is 6.14. The Kier molecular flexibility index (Phi) is 5.92. The molecular weight excluding hydrogens is 338 g/mol. The molecule has 1 fully saturated rings. The van der Waals surface area contributed by atoms with E-state index in [1.165, 1.54) is 16.7 Å². The average Bonchev–Trinajstić information content (AvgIpc) is 2.71. The van der Waals surface area contributed by atoms with Gasteiger partial charge in [-0.25, -0.2) is 0 Å². The highest BCUT2D eigenvalue weighted by molar-refractivity contribution is 5.32. The first kappa shape index (κ1) is 19.0. The molecule has 3 aromatic rings. The first-order valence-electron chi connectivity index (χ1n) is 10.4. The van der Waals surface area contributed by atoms with Crippen molar-refractivity contribution in [2.24, 2.45) is 11.8 Å². The minimum Gasteiger partial charge on any atom is -0.292 e. The van der Waals surface area contributed by atoms with Crippen LogP contribution in [0.4, 0.5) is 0 Å². The van der Waals surface area contributed by atoms with Gasteiger partial charge in [0.2, 0.25) is 0 Å². The summed E-state index contributed by atoms with van der Waals surface area (Å²) in [4.78, 5) is 2.65. The zero-order valence-electron chi connectivity index (χ0n) is 17.0. The number of hydrogen-bond donors (Lipinski definition) is 0. The molecule has 0 spiro atoms. The van der Waals surface area contributed by atoms with Gasteiger partial charge in [-0.15, -0.1) is 0 Å². The van der Waals surface area contributed by atoms with E-state index >= 15 is 0 Å². The predicted octanol–water partition coefficient (Wildman–Crippen LogP) is 6.18. The molecule has 0 saturated carbocycles. The average molecular weight is 369 g/mol. The van der Waals surface area contributed by atoms with Gasteiger partial charge in [-0.1, -0.05) is 105 Å². The topological polar surface area (TPSA) is 3.24 Å². The van der Waals surface area contributed by atoms with Crippen molar-refractivity contribution in [3.05, 3.63) is 114 Å². The Morgan fingerprint density at radius 1 is 0.750 bits per heavy atom. The molecule has 0 aromatic heterocycles. The summed E-state index contributed by atoms with van der Waals surface area (Å²) in [6.45, 7) is 6.94. The Bertz CT molecular complexity index is 796. The van der Waals surface area contributed by atoms with Crippen LogP contribution in [0.2, 0.25) is 0 Å². The molecule has 1 heterocycles. The molecule has 3 aromatic carbocycles. The fraction of sp³-hybridized carbons (Fsp3) is 0.296. The van der Waals surface area contributed by atoms with Crippen LogP contribution in [-0.2, 0) is 6.42 Å². The Balaban J connectivity index is 1.50. The number of likely N-dealkylation sites (tertiary alicyclic amines) is 1. The first-order valence-corrected chi connectivity index (χ1v) is 10.4. The number of benzene rings is 3. The van der Waals surface area contributed by atoms with E-state index in [2.05, 4.69) is 110 Å². The second-order valence-electron chi connectivity index (χ2n) is 8.31. The van der Waals surface area contributed by atoms with Gasteiger partial charge in [-0.3, -0.25) is 4.90 Å². The van der Waals surface area contributed by atoms with E-state index in [-0.39, 0.29) is 0 Å². The number of hydrogen-bond acceptors (Lipinski definition) is 1. The molecule has 1 nitrogen and oxygen atoms in total. The maximum absolute atomic E-state index is 2.65. The Morgan fingerprint density at radius 3 is 1.68 bits per heavy atom. The van der Waals surface area contributed by atoms with Gasteiger partial charge in [-0.05, 0) is 40.9 Å². The second-order valence-corrected chi connectivity index (χ2v) is 8.31. The molecular formula is C27H30N. The first-order chi connectivity index (χ1) is 13.7. The minimum absolute atomic E-state index is 0.355. The van der Waals surface area contributed by atoms with E-state index in [1.54, 1.807) is 5.92 Å². The van der Waals surface area contributed by atoms with Crippen LogP contribution in [-0.4, -0.2) is 18.0 Å². The van der Waals surface area contributed by atoms with Crippen LogP contribution in [0, 0.1) is 17.8 Å². The lowest BCUT2D eigenvalue weighted by molar-refractivity contribution is 0.0355. The van der Waals surface area contributed by atoms with E-state index in [9.17, 15) is 0 Å². The van der Waals surface area contributed by atoms with Crippen molar-refractivity contribution in [3.63, 3.8) is 0 Å². The third-order valence-corrected chi connectivity index (χ3v) is 6.14. The molecule has 0 bridgehead atoms. The van der Waals surface area contributed by atoms with Crippen LogP contribution in [0.15, 0.2) is 91.0 Å². The minimum atomic E-state index is 0.355. The molecule has 1 unspecified atom stereocenters. The van der Waals surface area contributed by atoms with Gasteiger partial charge in [-0.2, -0.15) is 0 Å². The molecule has 28 heavy (non-hydrogen) atoms. The van der Waals surface area contributed by atoms with Gasteiger partial charge in [0.15, 0.2) is 0 Å². The highest BCUT2D eigenvalue weighted by Crippen LogP contribution is 2.39. The monoisotopic (exact) mass is 368 g/mol. The maximum atomic E-state index is 2.65. The van der Waals surface area contributed by atoms with Crippen LogP contribution < -0.4 is 0 Å². The molecule has 143 valence electrons. The van der Waals surface area contributed by atoms with Crippen LogP contribution in [0.1, 0.15) is 36.6 Å². The third kappa shape index (κ3) is 4.20. The molecule has 0 aliphatic carbocycles. The summed E-state index contributed by atoms with van der Waals surface area (Å²) in [6.07, 6.45) is 1.16. The highest BCUT2D eigenvalue weighted by atomic mass is 15.2. The molecule has 0 N–H and O–H groups in total. The molecule has 1 radical (unpaired) electrons. The Labute approximate surface area is 170 Å². The van der Waals surface area contributed by atoms with Gasteiger partial charge >= 0.3 is 0 Å². The van der Waals surface area contributed by atoms with Crippen molar-refractivity contribution in [1.29, 1.82) is 0 Å². The molecule has 4 rings (SSSR count). The van der Waals surface area contributed by atoms with Gasteiger partial charge in [0.05, 0.1) is 6.04 Å². The van der Waals surface area contributed by atoms with E-state index in [4.69, 9.17) is 0 Å². The zero-order chi connectivity index (χ0) is 19.3. The van der Waals surface area contributed by atoms with Crippen molar-refractivity contribution < 1.29 is 0 Å². The summed E-state index contributed by atoms with van der Waals surface area (Å²) in [5.74, 6) is 2.95. The summed E-state index contributed by atoms with van der Waals surface area (Å²) in [7, 11) is 0. The summed E-state index contributed by atoms with van der Waals surface area (Å²) in [5, 5.41) is 0. The van der Waals surface area contributed by atoms with Gasteiger partial charge in [0, 0.05) is 13.1 Å². The van der Waals surface area contributed by atoms with E-state index in [1.807, 2.05) is 0 Å². The van der Waals surface area contributed by atoms with Gasteiger partial charge in [0.1, 0.15) is 0 Å². The predicted molar refractivity (Wildman–Crippen MR) is 118 cm³/mol. The second kappa shape index (κ2) is 8.75. The van der Waals surface area contributed by atoms with Gasteiger partial charge < -0.3 is 0 Å². The normalized spacial score (nSPS) is 16.3. The lowest BCUT2D eigenvalue weighted by atomic mass is 9.74. The Morgan fingerprint density at radius 2 is 1.21 bits per heavy atom. The van der Waals surface area contributed by atoms with Crippen molar-refractivity contribution >= 4 is 0 Å². The van der Waals surface area contributed by atoms with Gasteiger partial charge in [0.25, 0.3) is 0 Å². The van der Waals surface area contributed by atoms with E-state index < -0.39 is 0 Å². The van der Waals surface area contributed by atoms with Crippen LogP contribution in [0.3, 0.4) is 0 Å². The molecule has 1 aliphatic rings. The Hall–Kier alpha value is -2.38. The molecule has 1 aliphatic heterocycles. The van der Waals surface area contributed by atoms with Crippen LogP contribution in [0.5, 0.6) is 0 Å². The van der Waals surface area contributed by atoms with Crippen molar-refractivity contribution in [2.45, 2.75) is 26.3 Å². The van der Waals surface area contributed by atoms with Crippen molar-refractivity contribution in [2.75, 3.05) is 13.1 Å². The largest absolute Gasteiger partial charge is 0.292 e. The molecule has 0 amide bonds. The quantitative estimate of drug-likeness (QED) is 0.481. The van der Waals surface area contributed by atoms with Crippen LogP contribution in [0.25, 0.3) is 0 Å². The lowest BCUT2D eigenvalue weighted by Gasteiger charge is -2.49.